The van der Waals surface area contributed by atoms with Gasteiger partial charge in [-0.2, -0.15) is 0 Å². The van der Waals surface area contributed by atoms with E-state index in [1.807, 2.05) is 0 Å². The zero-order chi connectivity index (χ0) is 17.0. The minimum atomic E-state index is -1.03. The number of rotatable bonds is 3. The molecule has 3 heteroatoms. The molecule has 1 heterocycles. The van der Waals surface area contributed by atoms with Crippen molar-refractivity contribution in [1.82, 2.24) is 0 Å². The second kappa shape index (κ2) is 5.89. The Morgan fingerprint density at radius 3 is 2.17 bits per heavy atom. The van der Waals surface area contributed by atoms with Crippen LogP contribution < -0.4 is 0 Å². The third kappa shape index (κ3) is 3.03. The summed E-state index contributed by atoms with van der Waals surface area (Å²) in [4.78, 5) is 13.0. The molecule has 3 rings (SSSR count). The summed E-state index contributed by atoms with van der Waals surface area (Å²) in [5.41, 5.74) is -0.170. The van der Waals surface area contributed by atoms with Crippen LogP contribution in [0.15, 0.2) is 0 Å². The molecule has 5 atom stereocenters. The first-order valence-corrected chi connectivity index (χ1v) is 13.3. The molecule has 0 aromatic carbocycles. The average molecular weight is 337 g/mol. The third-order valence-electron chi connectivity index (χ3n) is 8.01. The molecule has 2 aliphatic carbocycles. The van der Waals surface area contributed by atoms with E-state index in [0.29, 0.717) is 17.8 Å². The second-order valence-corrected chi connectivity index (χ2v) is 15.4. The van der Waals surface area contributed by atoms with E-state index in [1.54, 1.807) is 0 Å². The van der Waals surface area contributed by atoms with E-state index >= 15 is 0 Å². The van der Waals surface area contributed by atoms with E-state index in [2.05, 4.69) is 40.8 Å². The highest BCUT2D eigenvalue weighted by Gasteiger charge is 2.53. The summed E-state index contributed by atoms with van der Waals surface area (Å²) in [6, 6.07) is 2.62. The normalized spacial score (nSPS) is 41.3. The Labute approximate surface area is 143 Å². The first kappa shape index (κ1) is 17.5. The predicted molar refractivity (Wildman–Crippen MR) is 98.0 cm³/mol. The molecule has 0 radical (unpaired) electrons. The fourth-order valence-corrected chi connectivity index (χ4v) is 8.08. The molecule has 1 aliphatic heterocycles. The van der Waals surface area contributed by atoms with Gasteiger partial charge in [0.2, 0.25) is 0 Å². The molecule has 2 bridgehead atoms. The lowest BCUT2D eigenvalue weighted by Gasteiger charge is -2.45. The molecule has 3 aliphatic rings. The van der Waals surface area contributed by atoms with Gasteiger partial charge in [0, 0.05) is 8.07 Å². The fraction of sp³-hybridized carbons (Fsp3) is 0.950. The van der Waals surface area contributed by atoms with Gasteiger partial charge in [-0.05, 0) is 55.3 Å². The Morgan fingerprint density at radius 1 is 1.09 bits per heavy atom. The smallest absolute Gasteiger partial charge is 0.309 e. The van der Waals surface area contributed by atoms with Gasteiger partial charge in [-0.15, -0.1) is 0 Å². The number of carbonyl (C=O) groups is 1. The molecular weight excluding hydrogens is 300 g/mol. The van der Waals surface area contributed by atoms with Gasteiger partial charge in [-0.3, -0.25) is 4.79 Å². The Morgan fingerprint density at radius 2 is 1.70 bits per heavy atom. The van der Waals surface area contributed by atoms with Crippen LogP contribution in [0.3, 0.4) is 0 Å². The number of hydrogen-bond acceptors (Lipinski definition) is 2. The Bertz CT molecular complexity index is 458. The van der Waals surface area contributed by atoms with E-state index in [0.717, 1.165) is 31.1 Å². The van der Waals surface area contributed by atoms with Crippen molar-refractivity contribution in [2.45, 2.75) is 84.2 Å². The molecule has 3 fully saturated rings. The molecule has 0 spiro atoms. The molecular formula is C20H36O2Si. The fourth-order valence-electron chi connectivity index (χ4n) is 5.63. The van der Waals surface area contributed by atoms with Crippen molar-refractivity contribution in [3.05, 3.63) is 0 Å². The molecule has 1 saturated heterocycles. The highest BCUT2D eigenvalue weighted by molar-refractivity contribution is 6.77. The maximum Gasteiger partial charge on any atom is 0.309 e. The SMILES string of the molecule is CC1C2CC(C(=O)OC3(C(C)C)CC[Si](C)(C)CC3)C(C2)C1C. The van der Waals surface area contributed by atoms with Crippen molar-refractivity contribution in [3.8, 4) is 0 Å². The van der Waals surface area contributed by atoms with Gasteiger partial charge in [0.25, 0.3) is 0 Å². The average Bonchev–Trinajstić information content (AvgIpc) is 3.02. The summed E-state index contributed by atoms with van der Waals surface area (Å²) in [5, 5.41) is 0. The lowest BCUT2D eigenvalue weighted by Crippen LogP contribution is -2.49. The standard InChI is InChI=1S/C20H36O2Si/c1-13(2)20(7-9-23(5,6)10-8-20)22-19(21)18-12-16-11-17(18)15(4)14(16)3/h13-18H,7-12H2,1-6H3. The molecule has 132 valence electrons. The highest BCUT2D eigenvalue weighted by atomic mass is 28.3. The summed E-state index contributed by atoms with van der Waals surface area (Å²) in [5.74, 6) is 3.61. The van der Waals surface area contributed by atoms with Gasteiger partial charge in [0.05, 0.1) is 5.92 Å². The number of hydrogen-bond donors (Lipinski definition) is 0. The predicted octanol–water partition coefficient (Wildman–Crippen LogP) is 5.35. The summed E-state index contributed by atoms with van der Waals surface area (Å²) >= 11 is 0. The Kier molecular flexibility index (Phi) is 4.49. The zero-order valence-corrected chi connectivity index (χ0v) is 17.0. The first-order valence-electron chi connectivity index (χ1n) is 9.88. The van der Waals surface area contributed by atoms with Crippen LogP contribution in [0.25, 0.3) is 0 Å². The van der Waals surface area contributed by atoms with Crippen LogP contribution in [0, 0.1) is 35.5 Å². The van der Waals surface area contributed by atoms with Crippen LogP contribution >= 0.6 is 0 Å². The maximum absolute atomic E-state index is 13.0. The molecule has 0 aromatic heterocycles. The highest BCUT2D eigenvalue weighted by Crippen LogP contribution is 2.56. The molecule has 2 nitrogen and oxygen atoms in total. The number of fused-ring (bicyclic) bond motifs is 2. The van der Waals surface area contributed by atoms with Crippen molar-refractivity contribution in [3.63, 3.8) is 0 Å². The molecule has 2 saturated carbocycles. The lowest BCUT2D eigenvalue weighted by molar-refractivity contribution is -0.175. The second-order valence-electron chi connectivity index (χ2n) is 10.0. The van der Waals surface area contributed by atoms with Crippen molar-refractivity contribution < 1.29 is 9.53 Å². The number of carbonyl (C=O) groups excluding carboxylic acids is 1. The maximum atomic E-state index is 13.0. The molecule has 0 N–H and O–H groups in total. The van der Waals surface area contributed by atoms with Crippen LogP contribution in [0.5, 0.6) is 0 Å². The van der Waals surface area contributed by atoms with Crippen molar-refractivity contribution >= 4 is 14.0 Å². The number of ether oxygens (including phenoxy) is 1. The van der Waals surface area contributed by atoms with Crippen LogP contribution in [-0.4, -0.2) is 19.6 Å². The van der Waals surface area contributed by atoms with Crippen LogP contribution in [0.1, 0.15) is 53.4 Å². The van der Waals surface area contributed by atoms with Crippen LogP contribution in [0.2, 0.25) is 25.2 Å². The Hall–Kier alpha value is -0.313. The quantitative estimate of drug-likeness (QED) is 0.512. The Balaban J connectivity index is 1.69. The van der Waals surface area contributed by atoms with E-state index in [4.69, 9.17) is 4.74 Å². The van der Waals surface area contributed by atoms with Crippen molar-refractivity contribution in [2.24, 2.45) is 35.5 Å². The lowest BCUT2D eigenvalue weighted by atomic mass is 9.75. The van der Waals surface area contributed by atoms with E-state index < -0.39 is 8.07 Å². The summed E-state index contributed by atoms with van der Waals surface area (Å²) in [7, 11) is -1.03. The first-order chi connectivity index (χ1) is 10.7. The zero-order valence-electron chi connectivity index (χ0n) is 16.0. The van der Waals surface area contributed by atoms with E-state index in [-0.39, 0.29) is 17.5 Å². The summed E-state index contributed by atoms with van der Waals surface area (Å²) in [6.07, 6.45) is 4.55. The van der Waals surface area contributed by atoms with Gasteiger partial charge in [-0.1, -0.05) is 52.9 Å². The van der Waals surface area contributed by atoms with Gasteiger partial charge >= 0.3 is 5.97 Å². The topological polar surface area (TPSA) is 26.3 Å². The van der Waals surface area contributed by atoms with E-state index in [1.165, 1.54) is 18.5 Å². The minimum Gasteiger partial charge on any atom is -0.459 e. The number of esters is 1. The summed E-state index contributed by atoms with van der Waals surface area (Å²) < 4.78 is 6.34. The third-order valence-corrected chi connectivity index (χ3v) is 11.2. The van der Waals surface area contributed by atoms with Crippen LogP contribution in [-0.2, 0) is 9.53 Å². The van der Waals surface area contributed by atoms with Gasteiger partial charge in [0.15, 0.2) is 0 Å². The minimum absolute atomic E-state index is 0.145. The largest absolute Gasteiger partial charge is 0.459 e. The molecule has 0 amide bonds. The van der Waals surface area contributed by atoms with Gasteiger partial charge in [-0.25, -0.2) is 0 Å². The van der Waals surface area contributed by atoms with Crippen molar-refractivity contribution in [2.75, 3.05) is 0 Å². The molecule has 23 heavy (non-hydrogen) atoms. The van der Waals surface area contributed by atoms with Gasteiger partial charge in [0.1, 0.15) is 5.60 Å². The van der Waals surface area contributed by atoms with E-state index in [9.17, 15) is 4.79 Å². The van der Waals surface area contributed by atoms with Crippen LogP contribution in [0.4, 0.5) is 0 Å². The molecule has 0 aromatic rings. The van der Waals surface area contributed by atoms with Crippen molar-refractivity contribution in [1.29, 1.82) is 0 Å². The van der Waals surface area contributed by atoms with Gasteiger partial charge < -0.3 is 4.74 Å². The monoisotopic (exact) mass is 336 g/mol. The summed E-state index contributed by atoms with van der Waals surface area (Å²) in [6.45, 7) is 14.2. The molecule has 5 unspecified atom stereocenters.